The van der Waals surface area contributed by atoms with Crippen LogP contribution >= 0.6 is 0 Å². The first-order valence-corrected chi connectivity index (χ1v) is 12.1. The summed E-state index contributed by atoms with van der Waals surface area (Å²) in [5.41, 5.74) is 0.627. The lowest BCUT2D eigenvalue weighted by Gasteiger charge is -2.04. The number of carbonyl (C=O) groups excluding carboxylic acids is 3. The molecular formula is C28H48O8. The molecule has 0 aliphatic heterocycles. The Morgan fingerprint density at radius 1 is 0.778 bits per heavy atom. The first kappa shape index (κ1) is 40.0. The van der Waals surface area contributed by atoms with E-state index in [1.165, 1.54) is 31.9 Å². The van der Waals surface area contributed by atoms with Crippen molar-refractivity contribution in [3.8, 4) is 0 Å². The zero-order chi connectivity index (χ0) is 28.9. The number of rotatable bonds is 14. The van der Waals surface area contributed by atoms with E-state index < -0.39 is 5.97 Å². The third-order valence-electron chi connectivity index (χ3n) is 3.73. The van der Waals surface area contributed by atoms with Gasteiger partial charge in [-0.1, -0.05) is 72.8 Å². The van der Waals surface area contributed by atoms with E-state index in [0.717, 1.165) is 31.6 Å². The molecule has 208 valence electrons. The van der Waals surface area contributed by atoms with Gasteiger partial charge in [0.25, 0.3) is 0 Å². The highest BCUT2D eigenvalue weighted by atomic mass is 16.5. The summed E-state index contributed by atoms with van der Waals surface area (Å²) in [7, 11) is 0. The molecule has 8 heteroatoms. The Morgan fingerprint density at radius 2 is 1.22 bits per heavy atom. The summed E-state index contributed by atoms with van der Waals surface area (Å²) in [5.74, 6) is -1.12. The number of carboxylic acid groups (broad SMARTS) is 1. The van der Waals surface area contributed by atoms with E-state index in [2.05, 4.69) is 49.6 Å². The lowest BCUT2D eigenvalue weighted by atomic mass is 10.1. The van der Waals surface area contributed by atoms with Crippen LogP contribution in [0.2, 0.25) is 0 Å². The van der Waals surface area contributed by atoms with Crippen molar-refractivity contribution in [3.05, 3.63) is 49.6 Å². The molecule has 0 aromatic carbocycles. The van der Waals surface area contributed by atoms with Crippen LogP contribution in [0.4, 0.5) is 0 Å². The smallest absolute Gasteiger partial charge is 0.333 e. The average Bonchev–Trinajstić information content (AvgIpc) is 2.82. The Bertz CT molecular complexity index is 650. The molecule has 0 bridgehead atoms. The number of aliphatic carboxylic acids is 1. The second kappa shape index (κ2) is 29.9. The summed E-state index contributed by atoms with van der Waals surface area (Å²) < 4.78 is 14.1. The van der Waals surface area contributed by atoms with Gasteiger partial charge in [-0.15, -0.1) is 0 Å². The second-order valence-corrected chi connectivity index (χ2v) is 7.93. The van der Waals surface area contributed by atoms with Crippen molar-refractivity contribution in [1.82, 2.24) is 0 Å². The van der Waals surface area contributed by atoms with Crippen molar-refractivity contribution < 1.29 is 38.5 Å². The molecule has 0 heterocycles. The zero-order valence-electron chi connectivity index (χ0n) is 23.2. The highest BCUT2D eigenvalue weighted by Crippen LogP contribution is 2.07. The van der Waals surface area contributed by atoms with Crippen LogP contribution in [0.25, 0.3) is 0 Å². The highest BCUT2D eigenvalue weighted by Gasteiger charge is 1.98. The maximum atomic E-state index is 10.6. The minimum absolute atomic E-state index is 0.176. The van der Waals surface area contributed by atoms with Crippen LogP contribution in [0.15, 0.2) is 49.6 Å². The first-order valence-electron chi connectivity index (χ1n) is 12.1. The van der Waals surface area contributed by atoms with Gasteiger partial charge in [0.15, 0.2) is 0 Å². The zero-order valence-corrected chi connectivity index (χ0v) is 23.2. The Kier molecular flexibility index (Phi) is 33.2. The molecule has 36 heavy (non-hydrogen) atoms. The number of carbonyl (C=O) groups is 4. The largest absolute Gasteiger partial charge is 0.478 e. The molecule has 0 amide bonds. The molecule has 0 aromatic heterocycles. The number of esters is 3. The predicted molar refractivity (Wildman–Crippen MR) is 144 cm³/mol. The van der Waals surface area contributed by atoms with Crippen LogP contribution in [-0.4, -0.2) is 48.8 Å². The van der Waals surface area contributed by atoms with E-state index in [1.807, 2.05) is 6.92 Å². The Labute approximate surface area is 218 Å². The summed E-state index contributed by atoms with van der Waals surface area (Å²) >= 11 is 0. The molecule has 1 N–H and O–H groups in total. The van der Waals surface area contributed by atoms with Crippen LogP contribution in [-0.2, 0) is 33.4 Å². The molecule has 0 aliphatic carbocycles. The summed E-state index contributed by atoms with van der Waals surface area (Å²) in [4.78, 5) is 41.0. The van der Waals surface area contributed by atoms with E-state index in [-0.39, 0.29) is 23.5 Å². The SMILES string of the molecule is C=C(C)C(=O)O.C=C(C)C(=O)OCC.C=CC(=O)OCCCC.C=CC(=O)OCCCCCC(C)C. The second-order valence-electron chi connectivity index (χ2n) is 7.93. The summed E-state index contributed by atoms with van der Waals surface area (Å²) in [6.45, 7) is 25.9. The molecule has 0 saturated carbocycles. The van der Waals surface area contributed by atoms with Gasteiger partial charge in [-0.2, -0.15) is 0 Å². The third-order valence-corrected chi connectivity index (χ3v) is 3.73. The monoisotopic (exact) mass is 512 g/mol. The van der Waals surface area contributed by atoms with Crippen LogP contribution < -0.4 is 0 Å². The minimum atomic E-state index is -0.935. The maximum Gasteiger partial charge on any atom is 0.333 e. The molecule has 0 saturated heterocycles. The molecule has 0 spiro atoms. The van der Waals surface area contributed by atoms with Crippen LogP contribution in [0.3, 0.4) is 0 Å². The quantitative estimate of drug-likeness (QED) is 0.126. The number of ether oxygens (including phenoxy) is 3. The first-order chi connectivity index (χ1) is 16.8. The lowest BCUT2D eigenvalue weighted by molar-refractivity contribution is -0.139. The van der Waals surface area contributed by atoms with E-state index in [4.69, 9.17) is 9.84 Å². The molecule has 0 aromatic rings. The van der Waals surface area contributed by atoms with E-state index >= 15 is 0 Å². The Morgan fingerprint density at radius 3 is 1.50 bits per heavy atom. The van der Waals surface area contributed by atoms with Gasteiger partial charge >= 0.3 is 23.9 Å². The van der Waals surface area contributed by atoms with Crippen molar-refractivity contribution >= 4 is 23.9 Å². The normalized spacial score (nSPS) is 8.86. The van der Waals surface area contributed by atoms with E-state index in [9.17, 15) is 19.2 Å². The van der Waals surface area contributed by atoms with Gasteiger partial charge in [0.05, 0.1) is 19.8 Å². The Balaban J connectivity index is -0.000000198. The van der Waals surface area contributed by atoms with Crippen molar-refractivity contribution in [2.75, 3.05) is 19.8 Å². The lowest BCUT2D eigenvalue weighted by Crippen LogP contribution is -2.03. The molecule has 0 aliphatic rings. The number of hydrogen-bond donors (Lipinski definition) is 1. The highest BCUT2D eigenvalue weighted by molar-refractivity contribution is 5.86. The molecule has 0 unspecified atom stereocenters. The van der Waals surface area contributed by atoms with Gasteiger partial charge in [0.1, 0.15) is 0 Å². The fraction of sp³-hybridized carbons (Fsp3) is 0.571. The maximum absolute atomic E-state index is 10.6. The van der Waals surface area contributed by atoms with Crippen molar-refractivity contribution in [1.29, 1.82) is 0 Å². The molecule has 8 nitrogen and oxygen atoms in total. The van der Waals surface area contributed by atoms with Crippen molar-refractivity contribution in [2.45, 2.75) is 80.1 Å². The molecule has 0 fully saturated rings. The fourth-order valence-corrected chi connectivity index (χ4v) is 1.69. The van der Waals surface area contributed by atoms with Gasteiger partial charge < -0.3 is 19.3 Å². The summed E-state index contributed by atoms with van der Waals surface area (Å²) in [5, 5.41) is 7.89. The Hall–Kier alpha value is -3.16. The number of hydrogen-bond acceptors (Lipinski definition) is 7. The summed E-state index contributed by atoms with van der Waals surface area (Å²) in [6, 6.07) is 0. The molecule has 0 rings (SSSR count). The third kappa shape index (κ3) is 41.1. The van der Waals surface area contributed by atoms with Crippen LogP contribution in [0.1, 0.15) is 80.1 Å². The standard InChI is InChI=1S/C11H20O2.C7H12O2.C6H10O2.C4H6O2/c1-4-11(12)13-9-7-5-6-8-10(2)3;1-3-5-6-9-7(8)4-2;1-4-8-6(7)5(2)3;1-3(2)4(5)6/h4,10H,1,5-9H2,2-3H3;4H,2-3,5-6H2,1H3;2,4H2,1,3H3;1H2,2H3,(H,5,6). The van der Waals surface area contributed by atoms with Gasteiger partial charge in [0.2, 0.25) is 0 Å². The number of unbranched alkanes of at least 4 members (excludes halogenated alkanes) is 3. The average molecular weight is 513 g/mol. The molecular weight excluding hydrogens is 464 g/mol. The molecule has 0 atom stereocenters. The van der Waals surface area contributed by atoms with Crippen LogP contribution in [0.5, 0.6) is 0 Å². The summed E-state index contributed by atoms with van der Waals surface area (Å²) in [6.07, 6.45) is 8.95. The van der Waals surface area contributed by atoms with Crippen molar-refractivity contribution in [3.63, 3.8) is 0 Å². The molecule has 0 radical (unpaired) electrons. The predicted octanol–water partition coefficient (Wildman–Crippen LogP) is 6.22. The van der Waals surface area contributed by atoms with Gasteiger partial charge in [-0.25, -0.2) is 19.2 Å². The van der Waals surface area contributed by atoms with E-state index in [1.54, 1.807) is 13.8 Å². The van der Waals surface area contributed by atoms with Gasteiger partial charge in [-0.05, 0) is 39.5 Å². The fourth-order valence-electron chi connectivity index (χ4n) is 1.69. The van der Waals surface area contributed by atoms with Gasteiger partial charge in [0, 0.05) is 23.3 Å². The van der Waals surface area contributed by atoms with Crippen LogP contribution in [0, 0.1) is 5.92 Å². The minimum Gasteiger partial charge on any atom is -0.478 e. The van der Waals surface area contributed by atoms with E-state index in [0.29, 0.717) is 25.4 Å². The van der Waals surface area contributed by atoms with Crippen molar-refractivity contribution in [2.24, 2.45) is 5.92 Å². The number of carboxylic acids is 1. The van der Waals surface area contributed by atoms with Gasteiger partial charge in [-0.3, -0.25) is 0 Å². The topological polar surface area (TPSA) is 116 Å².